The van der Waals surface area contributed by atoms with Crippen LogP contribution in [0.2, 0.25) is 10.0 Å². The molecule has 19 heavy (non-hydrogen) atoms. The zero-order chi connectivity index (χ0) is 14.0. The number of benzene rings is 2. The topological polar surface area (TPSA) is 29.1 Å². The van der Waals surface area contributed by atoms with E-state index >= 15 is 0 Å². The molecule has 0 bridgehead atoms. The van der Waals surface area contributed by atoms with Gasteiger partial charge in [-0.1, -0.05) is 23.2 Å². The minimum Gasteiger partial charge on any atom is -0.321 e. The van der Waals surface area contributed by atoms with Gasteiger partial charge in [0.15, 0.2) is 0 Å². The van der Waals surface area contributed by atoms with E-state index in [1.165, 1.54) is 30.3 Å². The summed E-state index contributed by atoms with van der Waals surface area (Å²) < 4.78 is 13.6. The molecule has 2 aromatic carbocycles. The van der Waals surface area contributed by atoms with Gasteiger partial charge in [0.05, 0.1) is 5.69 Å². The molecule has 0 fully saturated rings. The number of amides is 1. The van der Waals surface area contributed by atoms with Gasteiger partial charge in [0.1, 0.15) is 5.82 Å². The highest BCUT2D eigenvalue weighted by molar-refractivity contribution is 14.1. The number of hydrogen-bond donors (Lipinski definition) is 1. The van der Waals surface area contributed by atoms with Gasteiger partial charge in [0.25, 0.3) is 5.91 Å². The molecule has 0 atom stereocenters. The van der Waals surface area contributed by atoms with Crippen LogP contribution in [0.3, 0.4) is 0 Å². The van der Waals surface area contributed by atoms with Gasteiger partial charge in [-0.3, -0.25) is 4.79 Å². The van der Waals surface area contributed by atoms with Gasteiger partial charge in [0, 0.05) is 19.2 Å². The predicted octanol–water partition coefficient (Wildman–Crippen LogP) is 4.99. The summed E-state index contributed by atoms with van der Waals surface area (Å²) in [6, 6.07) is 8.69. The van der Waals surface area contributed by atoms with Crippen molar-refractivity contribution >= 4 is 57.4 Å². The molecule has 0 aliphatic rings. The van der Waals surface area contributed by atoms with Crippen LogP contribution in [0.1, 0.15) is 10.4 Å². The zero-order valence-electron chi connectivity index (χ0n) is 9.38. The molecule has 0 heterocycles. The van der Waals surface area contributed by atoms with E-state index in [1.54, 1.807) is 6.07 Å². The molecule has 0 saturated heterocycles. The maximum Gasteiger partial charge on any atom is 0.255 e. The van der Waals surface area contributed by atoms with Crippen molar-refractivity contribution in [2.24, 2.45) is 0 Å². The SMILES string of the molecule is O=C(Nc1ccc(F)cc1I)c1cc(Cl)cc(Cl)c1. The summed E-state index contributed by atoms with van der Waals surface area (Å²) in [6.45, 7) is 0. The molecule has 0 unspecified atom stereocenters. The quantitative estimate of drug-likeness (QED) is 0.695. The number of anilines is 1. The van der Waals surface area contributed by atoms with Crippen LogP contribution in [0.15, 0.2) is 36.4 Å². The molecule has 0 aromatic heterocycles. The molecule has 1 N–H and O–H groups in total. The Hall–Kier alpha value is -0.850. The highest BCUT2D eigenvalue weighted by Gasteiger charge is 2.10. The summed E-state index contributed by atoms with van der Waals surface area (Å²) in [7, 11) is 0. The largest absolute Gasteiger partial charge is 0.321 e. The molecule has 1 amide bonds. The van der Waals surface area contributed by atoms with Crippen LogP contribution in [0.4, 0.5) is 10.1 Å². The van der Waals surface area contributed by atoms with E-state index in [1.807, 2.05) is 22.6 Å². The third kappa shape index (κ3) is 3.81. The van der Waals surface area contributed by atoms with Crippen LogP contribution >= 0.6 is 45.8 Å². The van der Waals surface area contributed by atoms with Crippen molar-refractivity contribution in [1.29, 1.82) is 0 Å². The number of halogens is 4. The van der Waals surface area contributed by atoms with Crippen LogP contribution in [-0.4, -0.2) is 5.91 Å². The van der Waals surface area contributed by atoms with Gasteiger partial charge in [0.2, 0.25) is 0 Å². The lowest BCUT2D eigenvalue weighted by Gasteiger charge is -2.08. The van der Waals surface area contributed by atoms with E-state index in [4.69, 9.17) is 23.2 Å². The van der Waals surface area contributed by atoms with Crippen molar-refractivity contribution in [2.45, 2.75) is 0 Å². The number of rotatable bonds is 2. The highest BCUT2D eigenvalue weighted by Crippen LogP contribution is 2.22. The molecule has 6 heteroatoms. The first-order valence-corrected chi connectivity index (χ1v) is 7.01. The molecular weight excluding hydrogens is 403 g/mol. The molecule has 0 spiro atoms. The second kappa shape index (κ2) is 6.07. The van der Waals surface area contributed by atoms with E-state index in [9.17, 15) is 9.18 Å². The Kier molecular flexibility index (Phi) is 4.65. The smallest absolute Gasteiger partial charge is 0.255 e. The molecule has 2 nitrogen and oxygen atoms in total. The van der Waals surface area contributed by atoms with Crippen LogP contribution in [-0.2, 0) is 0 Å². The molecule has 2 aromatic rings. The summed E-state index contributed by atoms with van der Waals surface area (Å²) in [4.78, 5) is 12.0. The lowest BCUT2D eigenvalue weighted by Crippen LogP contribution is -2.12. The highest BCUT2D eigenvalue weighted by atomic mass is 127. The van der Waals surface area contributed by atoms with Crippen LogP contribution < -0.4 is 5.32 Å². The summed E-state index contributed by atoms with van der Waals surface area (Å²) in [5.74, 6) is -0.706. The van der Waals surface area contributed by atoms with Crippen molar-refractivity contribution < 1.29 is 9.18 Å². The number of hydrogen-bond acceptors (Lipinski definition) is 1. The Bertz CT molecular complexity index is 628. The minimum atomic E-state index is -0.354. The fourth-order valence-electron chi connectivity index (χ4n) is 1.47. The standard InChI is InChI=1S/C13H7Cl2FINO/c14-8-3-7(4-9(15)5-8)13(19)18-12-2-1-10(16)6-11(12)17/h1-6H,(H,18,19). The fourth-order valence-corrected chi connectivity index (χ4v) is 2.61. The van der Waals surface area contributed by atoms with E-state index in [0.717, 1.165) is 0 Å². The third-order valence-corrected chi connectivity index (χ3v) is 3.63. The maximum atomic E-state index is 13.0. The lowest BCUT2D eigenvalue weighted by molar-refractivity contribution is 0.102. The maximum absolute atomic E-state index is 13.0. The number of carbonyl (C=O) groups excluding carboxylic acids is 1. The van der Waals surface area contributed by atoms with Crippen molar-refractivity contribution in [3.05, 3.63) is 61.4 Å². The number of carbonyl (C=O) groups is 1. The first kappa shape index (κ1) is 14.6. The number of nitrogens with one attached hydrogen (secondary N) is 1. The molecule has 0 aliphatic heterocycles. The fraction of sp³-hybridized carbons (Fsp3) is 0. The molecular formula is C13H7Cl2FINO. The Balaban J connectivity index is 2.25. The van der Waals surface area contributed by atoms with Gasteiger partial charge in [-0.05, 0) is 59.0 Å². The first-order chi connectivity index (χ1) is 8.95. The average Bonchev–Trinajstić information content (AvgIpc) is 2.31. The second-order valence-corrected chi connectivity index (χ2v) is 5.77. The van der Waals surface area contributed by atoms with Gasteiger partial charge < -0.3 is 5.32 Å². The Labute approximate surface area is 133 Å². The minimum absolute atomic E-state index is 0.345. The van der Waals surface area contributed by atoms with Gasteiger partial charge in [-0.25, -0.2) is 4.39 Å². The average molecular weight is 410 g/mol. The van der Waals surface area contributed by atoms with Crippen molar-refractivity contribution in [3.63, 3.8) is 0 Å². The molecule has 0 radical (unpaired) electrons. The first-order valence-electron chi connectivity index (χ1n) is 5.18. The summed E-state index contributed by atoms with van der Waals surface area (Å²) in [5.41, 5.74) is 0.876. The zero-order valence-corrected chi connectivity index (χ0v) is 13.1. The predicted molar refractivity (Wildman–Crippen MR) is 83.5 cm³/mol. The molecule has 0 saturated carbocycles. The van der Waals surface area contributed by atoms with E-state index in [2.05, 4.69) is 5.32 Å². The Morgan fingerprint density at radius 3 is 2.32 bits per heavy atom. The summed E-state index contributed by atoms with van der Waals surface area (Å²) >= 11 is 13.6. The third-order valence-electron chi connectivity index (χ3n) is 2.30. The summed E-state index contributed by atoms with van der Waals surface area (Å²) in [6.07, 6.45) is 0. The molecule has 98 valence electrons. The van der Waals surface area contributed by atoms with Crippen molar-refractivity contribution in [1.82, 2.24) is 0 Å². The molecule has 2 rings (SSSR count). The normalized spacial score (nSPS) is 10.3. The van der Waals surface area contributed by atoms with Gasteiger partial charge >= 0.3 is 0 Å². The van der Waals surface area contributed by atoms with Gasteiger partial charge in [-0.2, -0.15) is 0 Å². The monoisotopic (exact) mass is 409 g/mol. The van der Waals surface area contributed by atoms with Crippen molar-refractivity contribution in [2.75, 3.05) is 5.32 Å². The van der Waals surface area contributed by atoms with Crippen LogP contribution in [0.5, 0.6) is 0 Å². The van der Waals surface area contributed by atoms with E-state index in [-0.39, 0.29) is 11.7 Å². The van der Waals surface area contributed by atoms with Crippen LogP contribution in [0, 0.1) is 9.39 Å². The summed E-state index contributed by atoms with van der Waals surface area (Å²) in [5, 5.41) is 3.44. The molecule has 0 aliphatic carbocycles. The Morgan fingerprint density at radius 1 is 1.11 bits per heavy atom. The Morgan fingerprint density at radius 2 is 1.74 bits per heavy atom. The second-order valence-electron chi connectivity index (χ2n) is 3.74. The van der Waals surface area contributed by atoms with Gasteiger partial charge in [-0.15, -0.1) is 0 Å². The van der Waals surface area contributed by atoms with Crippen molar-refractivity contribution in [3.8, 4) is 0 Å². The van der Waals surface area contributed by atoms with Crippen LogP contribution in [0.25, 0.3) is 0 Å². The lowest BCUT2D eigenvalue weighted by atomic mass is 10.2. The van der Waals surface area contributed by atoms with E-state index < -0.39 is 0 Å². The van der Waals surface area contributed by atoms with E-state index in [0.29, 0.717) is 24.9 Å².